The van der Waals surface area contributed by atoms with Crippen molar-refractivity contribution < 1.29 is 0 Å². The van der Waals surface area contributed by atoms with Crippen molar-refractivity contribution in [2.24, 2.45) is 0 Å². The molecular formula is C70H48N2. The first-order valence-electron chi connectivity index (χ1n) is 25.3. The van der Waals surface area contributed by atoms with Gasteiger partial charge in [-0.05, 0) is 150 Å². The summed E-state index contributed by atoms with van der Waals surface area (Å²) in [6.45, 7) is 4.70. The highest BCUT2D eigenvalue weighted by atomic mass is 15.1. The quantitative estimate of drug-likeness (QED) is 0.161. The molecule has 338 valence electrons. The Kier molecular flexibility index (Phi) is 8.66. The molecule has 0 aliphatic heterocycles. The van der Waals surface area contributed by atoms with Crippen molar-refractivity contribution in [3.8, 4) is 61.3 Å². The number of benzene rings is 11. The third-order valence-corrected chi connectivity index (χ3v) is 16.4. The summed E-state index contributed by atoms with van der Waals surface area (Å²) in [7, 11) is 0. The molecule has 2 heteroatoms. The second-order valence-electron chi connectivity index (χ2n) is 20.4. The van der Waals surface area contributed by atoms with Crippen LogP contribution in [0.4, 0.5) is 17.1 Å². The van der Waals surface area contributed by atoms with Crippen LogP contribution in [0.1, 0.15) is 47.2 Å². The Labute approximate surface area is 420 Å². The lowest BCUT2D eigenvalue weighted by Gasteiger charge is -2.30. The van der Waals surface area contributed by atoms with Gasteiger partial charge in [0.05, 0.1) is 16.4 Å². The maximum absolute atomic E-state index is 2.44. The molecule has 11 aromatic carbocycles. The molecule has 0 fully saturated rings. The van der Waals surface area contributed by atoms with Crippen molar-refractivity contribution in [1.29, 1.82) is 0 Å². The molecule has 0 amide bonds. The maximum atomic E-state index is 2.44. The number of anilines is 3. The molecule has 0 saturated heterocycles. The molecular weight excluding hydrogens is 869 g/mol. The van der Waals surface area contributed by atoms with Gasteiger partial charge in [0.2, 0.25) is 0 Å². The van der Waals surface area contributed by atoms with Crippen LogP contribution in [-0.4, -0.2) is 4.57 Å². The van der Waals surface area contributed by atoms with Crippen molar-refractivity contribution in [2.45, 2.75) is 24.7 Å². The van der Waals surface area contributed by atoms with E-state index in [4.69, 9.17) is 0 Å². The Morgan fingerprint density at radius 3 is 1.51 bits per heavy atom. The van der Waals surface area contributed by atoms with Gasteiger partial charge in [-0.3, -0.25) is 0 Å². The van der Waals surface area contributed by atoms with Crippen LogP contribution in [0.2, 0.25) is 0 Å². The summed E-state index contributed by atoms with van der Waals surface area (Å²) in [5.74, 6) is 0. The maximum Gasteiger partial charge on any atom is 0.0725 e. The van der Waals surface area contributed by atoms with E-state index in [2.05, 4.69) is 278 Å². The molecule has 3 aliphatic carbocycles. The smallest absolute Gasteiger partial charge is 0.0725 e. The molecule has 2 nitrogen and oxygen atoms in total. The molecule has 0 N–H and O–H groups in total. The molecule has 72 heavy (non-hydrogen) atoms. The predicted octanol–water partition coefficient (Wildman–Crippen LogP) is 18.2. The van der Waals surface area contributed by atoms with Crippen LogP contribution in [0.15, 0.2) is 255 Å². The first-order chi connectivity index (χ1) is 35.5. The standard InChI is InChI=1S/C70H48N2/c1-69(2)60-25-11-6-21-55(60)58-43-50(39-41-61(58)69)71(48-35-31-46(32-36-48)45-17-4-3-5-18-45)51-40-42-67-59(44-51)56-22-10-15-30-66(56)72(67)49-37-33-47(34-38-49)52-24-16-29-65-68(52)57-23-9-14-28-64(57)70(65)62-26-12-7-19-53(62)54-20-8-13-27-63(54)70/h3-44H,1-2H3. The van der Waals surface area contributed by atoms with E-state index in [0.29, 0.717) is 0 Å². The largest absolute Gasteiger partial charge is 0.310 e. The van der Waals surface area contributed by atoms with E-state index in [9.17, 15) is 0 Å². The highest BCUT2D eigenvalue weighted by molar-refractivity contribution is 6.11. The highest BCUT2D eigenvalue weighted by Gasteiger charge is 2.52. The second-order valence-corrected chi connectivity index (χ2v) is 20.4. The van der Waals surface area contributed by atoms with E-state index >= 15 is 0 Å². The van der Waals surface area contributed by atoms with Crippen LogP contribution in [0.3, 0.4) is 0 Å². The molecule has 1 heterocycles. The summed E-state index contributed by atoms with van der Waals surface area (Å²) in [4.78, 5) is 2.44. The number of rotatable bonds is 6. The normalized spacial score (nSPS) is 13.9. The van der Waals surface area contributed by atoms with E-state index in [0.717, 1.165) is 22.7 Å². The van der Waals surface area contributed by atoms with Crippen molar-refractivity contribution in [1.82, 2.24) is 4.57 Å². The highest BCUT2D eigenvalue weighted by Crippen LogP contribution is 2.64. The van der Waals surface area contributed by atoms with Crippen molar-refractivity contribution in [3.05, 3.63) is 288 Å². The lowest BCUT2D eigenvalue weighted by Crippen LogP contribution is -2.25. The molecule has 0 saturated carbocycles. The van der Waals surface area contributed by atoms with Gasteiger partial charge >= 0.3 is 0 Å². The Balaban J connectivity index is 0.861. The Hall–Kier alpha value is -8.98. The molecule has 0 atom stereocenters. The first kappa shape index (κ1) is 40.9. The van der Waals surface area contributed by atoms with Gasteiger partial charge in [0.15, 0.2) is 0 Å². The van der Waals surface area contributed by atoms with Crippen LogP contribution < -0.4 is 4.90 Å². The molecule has 0 bridgehead atoms. The van der Waals surface area contributed by atoms with E-state index in [1.807, 2.05) is 0 Å². The summed E-state index contributed by atoms with van der Waals surface area (Å²) < 4.78 is 2.44. The lowest BCUT2D eigenvalue weighted by atomic mass is 9.70. The molecule has 3 aliphatic rings. The number of fused-ring (bicyclic) bond motifs is 16. The minimum absolute atomic E-state index is 0.0731. The Morgan fingerprint density at radius 1 is 0.306 bits per heavy atom. The van der Waals surface area contributed by atoms with Gasteiger partial charge in [-0.15, -0.1) is 0 Å². The van der Waals surface area contributed by atoms with Gasteiger partial charge in [0.25, 0.3) is 0 Å². The fourth-order valence-electron chi connectivity index (χ4n) is 13.3. The average Bonchev–Trinajstić information content (AvgIpc) is 4.11. The zero-order chi connectivity index (χ0) is 47.7. The number of para-hydroxylation sites is 1. The average molecular weight is 917 g/mol. The van der Waals surface area contributed by atoms with Crippen molar-refractivity contribution in [2.75, 3.05) is 4.90 Å². The number of hydrogen-bond donors (Lipinski definition) is 0. The van der Waals surface area contributed by atoms with Gasteiger partial charge in [0.1, 0.15) is 0 Å². The zero-order valence-electron chi connectivity index (χ0n) is 40.1. The fraction of sp³-hybridized carbons (Fsp3) is 0.0571. The number of aromatic nitrogens is 1. The number of nitrogens with zero attached hydrogens (tertiary/aromatic N) is 2. The van der Waals surface area contributed by atoms with Crippen LogP contribution in [0, 0.1) is 0 Å². The SMILES string of the molecule is CC1(C)c2ccccc2-c2cc(N(c3ccc(-c4ccccc4)cc3)c3ccc4c(c3)c3ccccc3n4-c3ccc(-c4cccc5c4-c4ccccc4C54c5ccccc5-c5ccccc54)cc3)ccc21. The van der Waals surface area contributed by atoms with Crippen LogP contribution in [-0.2, 0) is 10.8 Å². The van der Waals surface area contributed by atoms with Crippen molar-refractivity contribution >= 4 is 38.9 Å². The zero-order valence-corrected chi connectivity index (χ0v) is 40.1. The second kappa shape index (κ2) is 15.3. The van der Waals surface area contributed by atoms with E-state index in [1.165, 1.54) is 111 Å². The van der Waals surface area contributed by atoms with Gasteiger partial charge in [-0.1, -0.05) is 208 Å². The summed E-state index contributed by atoms with van der Waals surface area (Å²) in [5, 5.41) is 2.44. The minimum atomic E-state index is -0.374. The Bertz CT molecular complexity index is 4130. The van der Waals surface area contributed by atoms with E-state index in [-0.39, 0.29) is 10.8 Å². The molecule has 0 unspecified atom stereocenters. The fourth-order valence-corrected chi connectivity index (χ4v) is 13.3. The molecule has 1 aromatic heterocycles. The van der Waals surface area contributed by atoms with Gasteiger partial charge < -0.3 is 9.47 Å². The summed E-state index contributed by atoms with van der Waals surface area (Å²) >= 11 is 0. The third kappa shape index (κ3) is 5.61. The Morgan fingerprint density at radius 2 is 0.792 bits per heavy atom. The summed E-state index contributed by atoms with van der Waals surface area (Å²) in [6.07, 6.45) is 0. The van der Waals surface area contributed by atoms with Gasteiger partial charge in [-0.2, -0.15) is 0 Å². The first-order valence-corrected chi connectivity index (χ1v) is 25.3. The van der Waals surface area contributed by atoms with Crippen LogP contribution in [0.25, 0.3) is 83.1 Å². The van der Waals surface area contributed by atoms with Crippen LogP contribution in [0.5, 0.6) is 0 Å². The topological polar surface area (TPSA) is 8.17 Å². The molecule has 0 radical (unpaired) electrons. The van der Waals surface area contributed by atoms with Gasteiger partial charge in [-0.25, -0.2) is 0 Å². The van der Waals surface area contributed by atoms with E-state index in [1.54, 1.807) is 0 Å². The third-order valence-electron chi connectivity index (χ3n) is 16.4. The summed E-state index contributed by atoms with van der Waals surface area (Å²) in [5.41, 5.74) is 27.4. The van der Waals surface area contributed by atoms with Gasteiger partial charge in [0, 0.05) is 38.9 Å². The molecule has 12 aromatic rings. The lowest BCUT2D eigenvalue weighted by molar-refractivity contribution is 0.660. The number of hydrogen-bond acceptors (Lipinski definition) is 1. The molecule has 15 rings (SSSR count). The monoisotopic (exact) mass is 916 g/mol. The van der Waals surface area contributed by atoms with Crippen molar-refractivity contribution in [3.63, 3.8) is 0 Å². The predicted molar refractivity (Wildman–Crippen MR) is 300 cm³/mol. The van der Waals surface area contributed by atoms with Crippen LogP contribution >= 0.6 is 0 Å². The summed E-state index contributed by atoms with van der Waals surface area (Å²) in [6, 6.07) is 95.1. The minimum Gasteiger partial charge on any atom is -0.310 e. The molecule has 1 spiro atoms. The van der Waals surface area contributed by atoms with E-state index < -0.39 is 0 Å².